The monoisotopic (exact) mass is 243 g/mol. The summed E-state index contributed by atoms with van der Waals surface area (Å²) in [6.07, 6.45) is 1.80. The first-order chi connectivity index (χ1) is 8.86. The van der Waals surface area contributed by atoms with Crippen LogP contribution in [0.1, 0.15) is 5.69 Å². The quantitative estimate of drug-likeness (QED) is 0.795. The van der Waals surface area contributed by atoms with E-state index in [2.05, 4.69) is 20.1 Å². The highest BCUT2D eigenvalue weighted by Gasteiger charge is 2.32. The van der Waals surface area contributed by atoms with Gasteiger partial charge in [0, 0.05) is 45.3 Å². The minimum absolute atomic E-state index is 0.484. The first kappa shape index (κ1) is 11.5. The summed E-state index contributed by atoms with van der Waals surface area (Å²) in [5.74, 6) is 0. The van der Waals surface area contributed by atoms with Crippen molar-refractivity contribution in [1.29, 1.82) is 5.26 Å². The molecule has 0 radical (unpaired) electrons. The minimum atomic E-state index is 0.484. The normalized spacial score (nSPS) is 21.4. The molecule has 1 aromatic heterocycles. The van der Waals surface area contributed by atoms with Gasteiger partial charge in [-0.25, -0.2) is 4.98 Å². The van der Waals surface area contributed by atoms with Gasteiger partial charge in [-0.2, -0.15) is 5.26 Å². The van der Waals surface area contributed by atoms with E-state index in [0.717, 1.165) is 45.0 Å². The molecule has 0 unspecified atom stereocenters. The summed E-state index contributed by atoms with van der Waals surface area (Å²) < 4.78 is 0. The number of hydrogen-bond donors (Lipinski definition) is 1. The van der Waals surface area contributed by atoms with Crippen molar-refractivity contribution in [3.05, 3.63) is 24.0 Å². The molecule has 1 N–H and O–H groups in total. The van der Waals surface area contributed by atoms with Gasteiger partial charge in [-0.05, 0) is 12.1 Å². The van der Waals surface area contributed by atoms with Crippen LogP contribution in [-0.4, -0.2) is 55.2 Å². The molecule has 2 saturated heterocycles. The summed E-state index contributed by atoms with van der Waals surface area (Å²) in [6, 6.07) is 6.50. The Kier molecular flexibility index (Phi) is 3.13. The summed E-state index contributed by atoms with van der Waals surface area (Å²) in [4.78, 5) is 8.99. The summed E-state index contributed by atoms with van der Waals surface area (Å²) in [7, 11) is 0. The second-order valence-corrected chi connectivity index (χ2v) is 4.86. The average molecular weight is 243 g/mol. The van der Waals surface area contributed by atoms with E-state index in [1.165, 1.54) is 0 Å². The molecule has 3 heterocycles. The largest absolute Gasteiger partial charge is 0.367 e. The molecule has 0 bridgehead atoms. The van der Waals surface area contributed by atoms with Gasteiger partial charge in [0.25, 0.3) is 0 Å². The van der Waals surface area contributed by atoms with E-state index in [0.29, 0.717) is 11.7 Å². The Hall–Kier alpha value is -1.64. The van der Waals surface area contributed by atoms with Crippen LogP contribution in [0.25, 0.3) is 0 Å². The Morgan fingerprint density at radius 2 is 2.06 bits per heavy atom. The van der Waals surface area contributed by atoms with E-state index in [9.17, 15) is 0 Å². The summed E-state index contributed by atoms with van der Waals surface area (Å²) in [5, 5.41) is 12.1. The second-order valence-electron chi connectivity index (χ2n) is 4.86. The van der Waals surface area contributed by atoms with Gasteiger partial charge in [0.1, 0.15) is 11.8 Å². The molecule has 5 nitrogen and oxygen atoms in total. The molecule has 0 aromatic carbocycles. The molecule has 2 aliphatic heterocycles. The molecule has 5 heteroatoms. The first-order valence-electron chi connectivity index (χ1n) is 6.43. The van der Waals surface area contributed by atoms with Crippen molar-refractivity contribution < 1.29 is 0 Å². The van der Waals surface area contributed by atoms with Crippen molar-refractivity contribution in [3.63, 3.8) is 0 Å². The van der Waals surface area contributed by atoms with Crippen LogP contribution in [0.3, 0.4) is 0 Å². The number of piperazine rings is 1. The van der Waals surface area contributed by atoms with Crippen molar-refractivity contribution >= 4 is 5.69 Å². The molecular weight excluding hydrogens is 226 g/mol. The van der Waals surface area contributed by atoms with Crippen molar-refractivity contribution in [1.82, 2.24) is 15.2 Å². The van der Waals surface area contributed by atoms with Crippen LogP contribution in [0.15, 0.2) is 18.3 Å². The zero-order valence-corrected chi connectivity index (χ0v) is 10.3. The molecule has 0 saturated carbocycles. The van der Waals surface area contributed by atoms with Gasteiger partial charge in [0.05, 0.1) is 11.9 Å². The second kappa shape index (κ2) is 4.92. The van der Waals surface area contributed by atoms with Crippen LogP contribution in [0.2, 0.25) is 0 Å². The molecule has 0 aliphatic carbocycles. The van der Waals surface area contributed by atoms with Crippen molar-refractivity contribution in [2.75, 3.05) is 44.2 Å². The highest BCUT2D eigenvalue weighted by molar-refractivity contribution is 5.48. The number of rotatable bonds is 2. The Balaban J connectivity index is 1.56. The van der Waals surface area contributed by atoms with E-state index in [1.54, 1.807) is 12.3 Å². The molecule has 0 amide bonds. The van der Waals surface area contributed by atoms with E-state index >= 15 is 0 Å². The topological polar surface area (TPSA) is 55.2 Å². The number of aromatic nitrogens is 1. The van der Waals surface area contributed by atoms with Crippen LogP contribution in [0, 0.1) is 11.3 Å². The van der Waals surface area contributed by atoms with Crippen LogP contribution >= 0.6 is 0 Å². The van der Waals surface area contributed by atoms with Crippen molar-refractivity contribution in [3.8, 4) is 6.07 Å². The predicted octanol–water partition coefficient (Wildman–Crippen LogP) is 0.0471. The van der Waals surface area contributed by atoms with Gasteiger partial charge in [-0.1, -0.05) is 0 Å². The third kappa shape index (κ3) is 2.17. The van der Waals surface area contributed by atoms with Crippen LogP contribution in [0.5, 0.6) is 0 Å². The Bertz CT molecular complexity index is 437. The lowest BCUT2D eigenvalue weighted by atomic mass is 10.1. The van der Waals surface area contributed by atoms with Crippen LogP contribution < -0.4 is 10.2 Å². The molecule has 2 fully saturated rings. The number of nitrogens with one attached hydrogen (secondary N) is 1. The maximum absolute atomic E-state index is 8.71. The summed E-state index contributed by atoms with van der Waals surface area (Å²) in [5.41, 5.74) is 1.61. The van der Waals surface area contributed by atoms with Gasteiger partial charge in [0.15, 0.2) is 0 Å². The van der Waals surface area contributed by atoms with Crippen LogP contribution in [-0.2, 0) is 0 Å². The molecular formula is C13H17N5. The lowest BCUT2D eigenvalue weighted by molar-refractivity contribution is 0.147. The molecule has 3 rings (SSSR count). The van der Waals surface area contributed by atoms with Gasteiger partial charge in [-0.3, -0.25) is 4.90 Å². The van der Waals surface area contributed by atoms with E-state index in [1.807, 2.05) is 12.1 Å². The number of hydrogen-bond acceptors (Lipinski definition) is 5. The number of pyridine rings is 1. The number of nitrogens with zero attached hydrogens (tertiary/aromatic N) is 4. The molecule has 2 aliphatic rings. The minimum Gasteiger partial charge on any atom is -0.367 e. The third-order valence-corrected chi connectivity index (χ3v) is 3.76. The average Bonchev–Trinajstić information content (AvgIpc) is 2.39. The van der Waals surface area contributed by atoms with Gasteiger partial charge in [0.2, 0.25) is 0 Å². The fraction of sp³-hybridized carbons (Fsp3) is 0.538. The maximum Gasteiger partial charge on any atom is 0.140 e. The smallest absolute Gasteiger partial charge is 0.140 e. The van der Waals surface area contributed by atoms with Crippen molar-refractivity contribution in [2.45, 2.75) is 6.04 Å². The molecule has 0 atom stereocenters. The SMILES string of the molecule is N#Cc1ccc(N2CC(N3CCNCC3)C2)cn1. The van der Waals surface area contributed by atoms with Gasteiger partial charge in [-0.15, -0.1) is 0 Å². The van der Waals surface area contributed by atoms with E-state index in [-0.39, 0.29) is 0 Å². The fourth-order valence-electron chi connectivity index (χ4n) is 2.58. The highest BCUT2D eigenvalue weighted by Crippen LogP contribution is 2.23. The lowest BCUT2D eigenvalue weighted by Gasteiger charge is -2.47. The summed E-state index contributed by atoms with van der Waals surface area (Å²) in [6.45, 7) is 6.68. The van der Waals surface area contributed by atoms with E-state index < -0.39 is 0 Å². The number of nitriles is 1. The van der Waals surface area contributed by atoms with Crippen LogP contribution in [0.4, 0.5) is 5.69 Å². The number of anilines is 1. The van der Waals surface area contributed by atoms with Gasteiger partial charge >= 0.3 is 0 Å². The zero-order chi connectivity index (χ0) is 12.4. The molecule has 0 spiro atoms. The summed E-state index contributed by atoms with van der Waals surface area (Å²) >= 11 is 0. The molecule has 94 valence electrons. The standard InChI is InChI=1S/C13H17N5/c14-7-11-1-2-12(8-16-11)18-9-13(10-18)17-5-3-15-4-6-17/h1-2,8,13,15H,3-6,9-10H2. The Morgan fingerprint density at radius 3 is 2.67 bits per heavy atom. The predicted molar refractivity (Wildman–Crippen MR) is 69.4 cm³/mol. The molecule has 1 aromatic rings. The van der Waals surface area contributed by atoms with E-state index in [4.69, 9.17) is 5.26 Å². The third-order valence-electron chi connectivity index (χ3n) is 3.76. The fourth-order valence-corrected chi connectivity index (χ4v) is 2.58. The Labute approximate surface area is 107 Å². The van der Waals surface area contributed by atoms with Gasteiger partial charge < -0.3 is 10.2 Å². The zero-order valence-electron chi connectivity index (χ0n) is 10.3. The highest BCUT2D eigenvalue weighted by atomic mass is 15.3. The first-order valence-corrected chi connectivity index (χ1v) is 6.43. The lowest BCUT2D eigenvalue weighted by Crippen LogP contribution is -2.62. The molecule has 18 heavy (non-hydrogen) atoms. The van der Waals surface area contributed by atoms with Crippen molar-refractivity contribution in [2.24, 2.45) is 0 Å². The Morgan fingerprint density at radius 1 is 1.28 bits per heavy atom. The maximum atomic E-state index is 8.71.